The summed E-state index contributed by atoms with van der Waals surface area (Å²) in [6.07, 6.45) is 2.76. The lowest BCUT2D eigenvalue weighted by atomic mass is 9.97. The molecule has 2 rings (SSSR count). The van der Waals surface area contributed by atoms with Crippen molar-refractivity contribution in [3.63, 3.8) is 0 Å². The zero-order valence-electron chi connectivity index (χ0n) is 15.6. The second-order valence-corrected chi connectivity index (χ2v) is 6.19. The predicted molar refractivity (Wildman–Crippen MR) is 96.0 cm³/mol. The summed E-state index contributed by atoms with van der Waals surface area (Å²) < 4.78 is 0. The average Bonchev–Trinajstić information content (AvgIpc) is 2.54. The molecule has 0 aromatic heterocycles. The molecule has 0 saturated carbocycles. The largest absolute Gasteiger partial charge is 0.317 e. The van der Waals surface area contributed by atoms with Crippen molar-refractivity contribution in [2.24, 2.45) is 11.8 Å². The molecule has 0 aromatic rings. The number of rotatable bonds is 4. The van der Waals surface area contributed by atoms with Gasteiger partial charge < -0.3 is 15.1 Å². The van der Waals surface area contributed by atoms with Crippen molar-refractivity contribution in [3.8, 4) is 0 Å². The van der Waals surface area contributed by atoms with Gasteiger partial charge in [0.25, 0.3) is 0 Å². The van der Waals surface area contributed by atoms with Crippen LogP contribution in [0.5, 0.6) is 0 Å². The summed E-state index contributed by atoms with van der Waals surface area (Å²) in [5.74, 6) is 1.76. The SMILES string of the molecule is CC.CC.CC(C)CN1CCN(CC2CCNCC2)CC1. The molecule has 0 radical (unpaired) electrons. The predicted octanol–water partition coefficient (Wildman–Crippen LogP) is 3.31. The first-order chi connectivity index (χ1) is 10.2. The Kier molecular flexibility index (Phi) is 13.5. The number of piperidine rings is 1. The van der Waals surface area contributed by atoms with Crippen LogP contribution in [0, 0.1) is 11.8 Å². The highest BCUT2D eigenvalue weighted by atomic mass is 15.3. The molecule has 2 saturated heterocycles. The van der Waals surface area contributed by atoms with E-state index in [-0.39, 0.29) is 0 Å². The molecule has 128 valence electrons. The lowest BCUT2D eigenvalue weighted by molar-refractivity contribution is 0.103. The average molecular weight is 300 g/mol. The summed E-state index contributed by atoms with van der Waals surface area (Å²) in [7, 11) is 0. The molecule has 2 aliphatic rings. The Morgan fingerprint density at radius 1 is 0.857 bits per heavy atom. The van der Waals surface area contributed by atoms with Crippen LogP contribution in [-0.4, -0.2) is 62.2 Å². The molecule has 0 atom stereocenters. The molecule has 0 amide bonds. The number of hydrogen-bond acceptors (Lipinski definition) is 3. The lowest BCUT2D eigenvalue weighted by Gasteiger charge is -2.37. The summed E-state index contributed by atoms with van der Waals surface area (Å²) in [5.41, 5.74) is 0. The summed E-state index contributed by atoms with van der Waals surface area (Å²) in [5, 5.41) is 3.45. The highest BCUT2D eigenvalue weighted by Gasteiger charge is 2.21. The molecule has 2 fully saturated rings. The minimum Gasteiger partial charge on any atom is -0.317 e. The van der Waals surface area contributed by atoms with Crippen molar-refractivity contribution in [1.29, 1.82) is 0 Å². The van der Waals surface area contributed by atoms with Crippen molar-refractivity contribution < 1.29 is 0 Å². The Labute approximate surface area is 134 Å². The van der Waals surface area contributed by atoms with Gasteiger partial charge in [-0.2, -0.15) is 0 Å². The standard InChI is InChI=1S/C14H29N3.2C2H6/c1-13(2)11-16-7-9-17(10-8-16)12-14-3-5-15-6-4-14;2*1-2/h13-15H,3-12H2,1-2H3;2*1-2H3. The van der Waals surface area contributed by atoms with Gasteiger partial charge in [0.15, 0.2) is 0 Å². The second kappa shape index (κ2) is 13.5. The van der Waals surface area contributed by atoms with Crippen molar-refractivity contribution in [3.05, 3.63) is 0 Å². The summed E-state index contributed by atoms with van der Waals surface area (Å²) in [4.78, 5) is 5.32. The topological polar surface area (TPSA) is 18.5 Å². The van der Waals surface area contributed by atoms with E-state index in [1.165, 1.54) is 65.2 Å². The van der Waals surface area contributed by atoms with Gasteiger partial charge in [0.2, 0.25) is 0 Å². The van der Waals surface area contributed by atoms with Crippen molar-refractivity contribution in [1.82, 2.24) is 15.1 Å². The molecule has 21 heavy (non-hydrogen) atoms. The van der Waals surface area contributed by atoms with Crippen LogP contribution in [0.3, 0.4) is 0 Å². The Balaban J connectivity index is 0.000000921. The fourth-order valence-corrected chi connectivity index (χ4v) is 3.10. The van der Waals surface area contributed by atoms with Crippen LogP contribution in [0.1, 0.15) is 54.4 Å². The first kappa shape index (κ1) is 20.9. The molecule has 0 bridgehead atoms. The van der Waals surface area contributed by atoms with Gasteiger partial charge >= 0.3 is 0 Å². The minimum atomic E-state index is 0.811. The van der Waals surface area contributed by atoms with E-state index in [4.69, 9.17) is 0 Å². The lowest BCUT2D eigenvalue weighted by Crippen LogP contribution is -2.49. The van der Waals surface area contributed by atoms with E-state index in [1.54, 1.807) is 0 Å². The molecule has 0 unspecified atom stereocenters. The van der Waals surface area contributed by atoms with Gasteiger partial charge in [0.1, 0.15) is 0 Å². The van der Waals surface area contributed by atoms with Crippen LogP contribution in [0.2, 0.25) is 0 Å². The molecule has 1 N–H and O–H groups in total. The van der Waals surface area contributed by atoms with Gasteiger partial charge in [0.05, 0.1) is 0 Å². The first-order valence-corrected chi connectivity index (χ1v) is 9.39. The molecule has 2 heterocycles. The third kappa shape index (κ3) is 9.49. The van der Waals surface area contributed by atoms with Crippen LogP contribution in [-0.2, 0) is 0 Å². The van der Waals surface area contributed by atoms with Gasteiger partial charge in [0, 0.05) is 39.3 Å². The molecular weight excluding hydrogens is 258 g/mol. The van der Waals surface area contributed by atoms with Crippen LogP contribution >= 0.6 is 0 Å². The highest BCUT2D eigenvalue weighted by molar-refractivity contribution is 4.77. The quantitative estimate of drug-likeness (QED) is 0.859. The first-order valence-electron chi connectivity index (χ1n) is 9.39. The number of piperazine rings is 1. The molecule has 0 spiro atoms. The van der Waals surface area contributed by atoms with Gasteiger partial charge in [-0.3, -0.25) is 0 Å². The van der Waals surface area contributed by atoms with Crippen molar-refractivity contribution in [2.45, 2.75) is 54.4 Å². The van der Waals surface area contributed by atoms with E-state index in [1.807, 2.05) is 27.7 Å². The normalized spacial score (nSPS) is 21.3. The fourth-order valence-electron chi connectivity index (χ4n) is 3.10. The van der Waals surface area contributed by atoms with Crippen LogP contribution in [0.25, 0.3) is 0 Å². The van der Waals surface area contributed by atoms with E-state index in [9.17, 15) is 0 Å². The zero-order chi connectivity index (χ0) is 16.1. The van der Waals surface area contributed by atoms with E-state index < -0.39 is 0 Å². The summed E-state index contributed by atoms with van der Waals surface area (Å²) in [6.45, 7) is 22.9. The smallest absolute Gasteiger partial charge is 0.0110 e. The van der Waals surface area contributed by atoms with Crippen LogP contribution in [0.4, 0.5) is 0 Å². The maximum absolute atomic E-state index is 3.45. The number of nitrogens with zero attached hydrogens (tertiary/aromatic N) is 2. The molecular formula is C18H41N3. The van der Waals surface area contributed by atoms with Gasteiger partial charge in [-0.25, -0.2) is 0 Å². The zero-order valence-corrected chi connectivity index (χ0v) is 15.6. The van der Waals surface area contributed by atoms with Crippen LogP contribution in [0.15, 0.2) is 0 Å². The Morgan fingerprint density at radius 3 is 1.81 bits per heavy atom. The maximum atomic E-state index is 3.45. The van der Waals surface area contributed by atoms with E-state index in [0.29, 0.717) is 0 Å². The van der Waals surface area contributed by atoms with Crippen molar-refractivity contribution >= 4 is 0 Å². The third-order valence-corrected chi connectivity index (χ3v) is 4.06. The number of nitrogens with one attached hydrogen (secondary N) is 1. The molecule has 0 aliphatic carbocycles. The van der Waals surface area contributed by atoms with E-state index in [2.05, 4.69) is 29.0 Å². The highest BCUT2D eigenvalue weighted by Crippen LogP contribution is 2.15. The van der Waals surface area contributed by atoms with Crippen LogP contribution < -0.4 is 5.32 Å². The molecule has 3 heteroatoms. The Morgan fingerprint density at radius 2 is 1.33 bits per heavy atom. The van der Waals surface area contributed by atoms with Gasteiger partial charge in [-0.05, 0) is 37.8 Å². The van der Waals surface area contributed by atoms with Crippen molar-refractivity contribution in [2.75, 3.05) is 52.4 Å². The van der Waals surface area contributed by atoms with Gasteiger partial charge in [-0.15, -0.1) is 0 Å². The molecule has 0 aromatic carbocycles. The van der Waals surface area contributed by atoms with E-state index >= 15 is 0 Å². The third-order valence-electron chi connectivity index (χ3n) is 4.06. The molecule has 3 nitrogen and oxygen atoms in total. The second-order valence-electron chi connectivity index (χ2n) is 6.19. The Hall–Kier alpha value is -0.120. The minimum absolute atomic E-state index is 0.811. The maximum Gasteiger partial charge on any atom is 0.0110 e. The summed E-state index contributed by atoms with van der Waals surface area (Å²) in [6, 6.07) is 0. The monoisotopic (exact) mass is 299 g/mol. The summed E-state index contributed by atoms with van der Waals surface area (Å²) >= 11 is 0. The number of hydrogen-bond donors (Lipinski definition) is 1. The Bertz CT molecular complexity index is 205. The van der Waals surface area contributed by atoms with E-state index in [0.717, 1.165) is 11.8 Å². The molecule has 2 aliphatic heterocycles. The van der Waals surface area contributed by atoms with Gasteiger partial charge in [-0.1, -0.05) is 41.5 Å². The fraction of sp³-hybridized carbons (Fsp3) is 1.00.